The maximum Gasteiger partial charge on any atom is 0.306 e. The lowest BCUT2D eigenvalue weighted by Gasteiger charge is -2.31. The number of hydrogen-bond acceptors (Lipinski definition) is 4. The summed E-state index contributed by atoms with van der Waals surface area (Å²) >= 11 is 0. The van der Waals surface area contributed by atoms with E-state index in [2.05, 4.69) is 41.5 Å². The van der Waals surface area contributed by atoms with E-state index in [-0.39, 0.29) is 24.1 Å². The first-order valence-corrected chi connectivity index (χ1v) is 15.2. The van der Waals surface area contributed by atoms with E-state index in [1.807, 2.05) is 0 Å². The molecular weight excluding hydrogens is 436 g/mol. The van der Waals surface area contributed by atoms with Crippen LogP contribution in [0.15, 0.2) is 0 Å². The van der Waals surface area contributed by atoms with Gasteiger partial charge in [-0.3, -0.25) is 9.59 Å². The van der Waals surface area contributed by atoms with Crippen molar-refractivity contribution in [3.63, 3.8) is 0 Å². The molecule has 4 aliphatic carbocycles. The van der Waals surface area contributed by atoms with Crippen LogP contribution < -0.4 is 0 Å². The molecule has 0 aromatic rings. The molecule has 0 spiro atoms. The van der Waals surface area contributed by atoms with Crippen molar-refractivity contribution in [3.05, 3.63) is 0 Å². The van der Waals surface area contributed by atoms with Crippen molar-refractivity contribution in [1.82, 2.24) is 0 Å². The fraction of sp³-hybridized carbons (Fsp3) is 0.935. The SMILES string of the molecule is CCCCCC(=O)OC1CC2CC1C(C)C2C.CCCCCCC(=O)OC1CC2CC1C(C)C2C. The third-order valence-corrected chi connectivity index (χ3v) is 10.5. The molecule has 35 heavy (non-hydrogen) atoms. The van der Waals surface area contributed by atoms with Crippen LogP contribution in [0.2, 0.25) is 0 Å². The summed E-state index contributed by atoms with van der Waals surface area (Å²) in [7, 11) is 0. The van der Waals surface area contributed by atoms with Gasteiger partial charge in [0.15, 0.2) is 0 Å². The molecule has 0 N–H and O–H groups in total. The van der Waals surface area contributed by atoms with E-state index in [9.17, 15) is 9.59 Å². The van der Waals surface area contributed by atoms with Crippen molar-refractivity contribution in [2.75, 3.05) is 0 Å². The summed E-state index contributed by atoms with van der Waals surface area (Å²) < 4.78 is 11.4. The van der Waals surface area contributed by atoms with Crippen molar-refractivity contribution in [2.24, 2.45) is 47.3 Å². The van der Waals surface area contributed by atoms with E-state index in [1.165, 1.54) is 25.7 Å². The molecule has 4 bridgehead atoms. The predicted molar refractivity (Wildman–Crippen MR) is 142 cm³/mol. The molecule has 10 unspecified atom stereocenters. The molecule has 4 aliphatic rings. The maximum atomic E-state index is 11.8. The summed E-state index contributed by atoms with van der Waals surface area (Å²) in [5.74, 6) is 6.12. The topological polar surface area (TPSA) is 52.6 Å². The van der Waals surface area contributed by atoms with E-state index in [1.54, 1.807) is 0 Å². The molecule has 4 fully saturated rings. The molecule has 0 amide bonds. The van der Waals surface area contributed by atoms with Crippen molar-refractivity contribution in [3.8, 4) is 0 Å². The van der Waals surface area contributed by atoms with Crippen LogP contribution >= 0.6 is 0 Å². The number of esters is 2. The lowest BCUT2D eigenvalue weighted by molar-refractivity contribution is -0.154. The van der Waals surface area contributed by atoms with Gasteiger partial charge in [-0.2, -0.15) is 0 Å². The third-order valence-electron chi connectivity index (χ3n) is 10.5. The van der Waals surface area contributed by atoms with Gasteiger partial charge >= 0.3 is 11.9 Å². The zero-order chi connectivity index (χ0) is 25.5. The quantitative estimate of drug-likeness (QED) is 0.218. The fourth-order valence-electron chi connectivity index (χ4n) is 7.69. The number of carbonyl (C=O) groups excluding carboxylic acids is 2. The van der Waals surface area contributed by atoms with Crippen LogP contribution in [0.25, 0.3) is 0 Å². The van der Waals surface area contributed by atoms with Gasteiger partial charge in [-0.15, -0.1) is 0 Å². The summed E-state index contributed by atoms with van der Waals surface area (Å²) in [6.07, 6.45) is 14.4. The van der Waals surface area contributed by atoms with Gasteiger partial charge in [0.2, 0.25) is 0 Å². The van der Waals surface area contributed by atoms with E-state index in [0.717, 1.165) is 80.5 Å². The summed E-state index contributed by atoms with van der Waals surface area (Å²) in [6.45, 7) is 13.7. The second kappa shape index (κ2) is 13.5. The van der Waals surface area contributed by atoms with Gasteiger partial charge in [-0.25, -0.2) is 0 Å². The van der Waals surface area contributed by atoms with Crippen LogP contribution in [0.5, 0.6) is 0 Å². The van der Waals surface area contributed by atoms with Gasteiger partial charge < -0.3 is 9.47 Å². The van der Waals surface area contributed by atoms with E-state index >= 15 is 0 Å². The Morgan fingerprint density at radius 2 is 0.971 bits per heavy atom. The Labute approximate surface area is 215 Å². The minimum absolute atomic E-state index is 0.0378. The Morgan fingerprint density at radius 1 is 0.571 bits per heavy atom. The largest absolute Gasteiger partial charge is 0.462 e. The summed E-state index contributed by atoms with van der Waals surface area (Å²) in [4.78, 5) is 23.5. The first-order valence-electron chi connectivity index (χ1n) is 15.2. The minimum Gasteiger partial charge on any atom is -0.462 e. The van der Waals surface area contributed by atoms with Crippen molar-refractivity contribution >= 4 is 11.9 Å². The number of hydrogen-bond donors (Lipinski definition) is 0. The molecule has 0 aromatic carbocycles. The molecule has 4 rings (SSSR count). The molecule has 4 nitrogen and oxygen atoms in total. The highest BCUT2D eigenvalue weighted by Gasteiger charge is 2.51. The molecule has 0 aliphatic heterocycles. The molecule has 0 heterocycles. The zero-order valence-electron chi connectivity index (χ0n) is 23.6. The van der Waals surface area contributed by atoms with Crippen LogP contribution in [0.1, 0.15) is 125 Å². The van der Waals surface area contributed by atoms with Gasteiger partial charge in [0.1, 0.15) is 12.2 Å². The Balaban J connectivity index is 0.000000196. The highest BCUT2D eigenvalue weighted by atomic mass is 16.5. The van der Waals surface area contributed by atoms with Gasteiger partial charge in [0, 0.05) is 12.8 Å². The average molecular weight is 491 g/mol. The van der Waals surface area contributed by atoms with Gasteiger partial charge in [-0.05, 0) is 85.9 Å². The molecule has 0 radical (unpaired) electrons. The number of ether oxygens (including phenoxy) is 2. The second-order valence-corrected chi connectivity index (χ2v) is 12.6. The number of carbonyl (C=O) groups is 2. The summed E-state index contributed by atoms with van der Waals surface area (Å²) in [6, 6.07) is 0. The van der Waals surface area contributed by atoms with Crippen LogP contribution in [-0.2, 0) is 19.1 Å². The van der Waals surface area contributed by atoms with Crippen molar-refractivity contribution in [2.45, 2.75) is 137 Å². The predicted octanol–water partition coefficient (Wildman–Crippen LogP) is 7.97. The summed E-state index contributed by atoms with van der Waals surface area (Å²) in [5.41, 5.74) is 0. The minimum atomic E-state index is 0.0378. The van der Waals surface area contributed by atoms with Crippen LogP contribution in [0, 0.1) is 47.3 Å². The average Bonchev–Trinajstić information content (AvgIpc) is 3.56. The Morgan fingerprint density at radius 3 is 1.34 bits per heavy atom. The number of fused-ring (bicyclic) bond motifs is 4. The highest BCUT2D eigenvalue weighted by molar-refractivity contribution is 5.70. The summed E-state index contributed by atoms with van der Waals surface area (Å²) in [5, 5.41) is 0. The molecular formula is C31H54O4. The van der Waals surface area contributed by atoms with Crippen molar-refractivity contribution in [1.29, 1.82) is 0 Å². The number of unbranched alkanes of at least 4 members (excludes halogenated alkanes) is 5. The van der Waals surface area contributed by atoms with Gasteiger partial charge in [0.05, 0.1) is 0 Å². The molecule has 10 atom stereocenters. The van der Waals surface area contributed by atoms with Gasteiger partial charge in [-0.1, -0.05) is 73.6 Å². The smallest absolute Gasteiger partial charge is 0.306 e. The Kier molecular flexibility index (Phi) is 11.0. The Hall–Kier alpha value is -1.06. The Bertz CT molecular complexity index is 671. The second-order valence-electron chi connectivity index (χ2n) is 12.6. The monoisotopic (exact) mass is 490 g/mol. The third kappa shape index (κ3) is 7.25. The molecule has 4 heteroatoms. The number of rotatable bonds is 11. The lowest BCUT2D eigenvalue weighted by Crippen LogP contribution is -2.32. The fourth-order valence-corrected chi connectivity index (χ4v) is 7.69. The molecule has 0 aromatic heterocycles. The molecule has 4 saturated carbocycles. The first kappa shape index (κ1) is 28.5. The van der Waals surface area contributed by atoms with Gasteiger partial charge in [0.25, 0.3) is 0 Å². The highest BCUT2D eigenvalue weighted by Crippen LogP contribution is 2.54. The zero-order valence-corrected chi connectivity index (χ0v) is 23.6. The first-order chi connectivity index (χ1) is 16.8. The van der Waals surface area contributed by atoms with E-state index in [0.29, 0.717) is 24.7 Å². The van der Waals surface area contributed by atoms with Crippen molar-refractivity contribution < 1.29 is 19.1 Å². The van der Waals surface area contributed by atoms with E-state index in [4.69, 9.17) is 9.47 Å². The standard InChI is InChI=1S/C16H28O2.C15H26O2/c1-4-5-6-7-8-16(17)18-15-10-13-9-14(15)12(3)11(13)2;1-4-5-6-7-15(16)17-14-9-12-8-13(14)11(3)10(12)2/h11-15H,4-10H2,1-3H3;10-14H,4-9H2,1-3H3. The van der Waals surface area contributed by atoms with E-state index < -0.39 is 0 Å². The normalized spacial score (nSPS) is 38.8. The molecule has 0 saturated heterocycles. The van der Waals surface area contributed by atoms with Crippen LogP contribution in [0.4, 0.5) is 0 Å². The van der Waals surface area contributed by atoms with Crippen LogP contribution in [0.3, 0.4) is 0 Å². The van der Waals surface area contributed by atoms with Crippen LogP contribution in [-0.4, -0.2) is 24.1 Å². The maximum absolute atomic E-state index is 11.8. The lowest BCUT2D eigenvalue weighted by atomic mass is 9.80. The molecule has 202 valence electrons.